The SMILES string of the molecule is O=C(O)Cn1c(=O)c(/C=C/c2ccc(O)c(O)c2)nc2ccc(O)cc21. The van der Waals surface area contributed by atoms with Crippen molar-refractivity contribution in [1.82, 2.24) is 9.55 Å². The molecule has 0 fully saturated rings. The number of phenolic OH excluding ortho intramolecular Hbond substituents is 3. The summed E-state index contributed by atoms with van der Waals surface area (Å²) in [6.45, 7) is -0.581. The number of carboxylic acid groups (broad SMARTS) is 1. The Labute approximate surface area is 146 Å². The van der Waals surface area contributed by atoms with Crippen molar-refractivity contribution in [2.45, 2.75) is 6.54 Å². The molecule has 1 heterocycles. The fourth-order valence-corrected chi connectivity index (χ4v) is 2.47. The van der Waals surface area contributed by atoms with Gasteiger partial charge in [-0.2, -0.15) is 0 Å². The molecule has 3 aromatic rings. The molecule has 0 spiro atoms. The lowest BCUT2D eigenvalue weighted by molar-refractivity contribution is -0.137. The fraction of sp³-hybridized carbons (Fsp3) is 0.0556. The predicted octanol–water partition coefficient (Wildman–Crippen LogP) is 1.77. The predicted molar refractivity (Wildman–Crippen MR) is 94.0 cm³/mol. The van der Waals surface area contributed by atoms with E-state index in [0.29, 0.717) is 11.1 Å². The molecule has 2 aromatic carbocycles. The van der Waals surface area contributed by atoms with Crippen LogP contribution in [0, 0.1) is 0 Å². The average molecular weight is 354 g/mol. The topological polar surface area (TPSA) is 133 Å². The van der Waals surface area contributed by atoms with Crippen LogP contribution in [0.2, 0.25) is 0 Å². The normalized spacial score (nSPS) is 11.2. The maximum Gasteiger partial charge on any atom is 0.323 e. The van der Waals surface area contributed by atoms with Gasteiger partial charge in [-0.05, 0) is 35.9 Å². The minimum atomic E-state index is -1.21. The molecular weight excluding hydrogens is 340 g/mol. The number of fused-ring (bicyclic) bond motifs is 1. The number of nitrogens with zero attached hydrogens (tertiary/aromatic N) is 2. The second-order valence-corrected chi connectivity index (χ2v) is 5.54. The van der Waals surface area contributed by atoms with Crippen LogP contribution in [0.5, 0.6) is 17.2 Å². The Morgan fingerprint density at radius 2 is 1.81 bits per heavy atom. The van der Waals surface area contributed by atoms with Gasteiger partial charge in [-0.15, -0.1) is 0 Å². The first-order valence-electron chi connectivity index (χ1n) is 7.50. The molecule has 1 aromatic heterocycles. The van der Waals surface area contributed by atoms with E-state index in [4.69, 9.17) is 5.11 Å². The molecule has 0 unspecified atom stereocenters. The van der Waals surface area contributed by atoms with Crippen LogP contribution < -0.4 is 5.56 Å². The van der Waals surface area contributed by atoms with E-state index < -0.39 is 18.1 Å². The van der Waals surface area contributed by atoms with E-state index in [1.165, 1.54) is 48.6 Å². The molecular formula is C18H14N2O6. The monoisotopic (exact) mass is 354 g/mol. The van der Waals surface area contributed by atoms with Crippen LogP contribution >= 0.6 is 0 Å². The quantitative estimate of drug-likeness (QED) is 0.525. The zero-order chi connectivity index (χ0) is 18.8. The van der Waals surface area contributed by atoms with Crippen LogP contribution in [0.4, 0.5) is 0 Å². The summed E-state index contributed by atoms with van der Waals surface area (Å²) < 4.78 is 1.01. The molecule has 0 saturated heterocycles. The number of phenols is 3. The van der Waals surface area contributed by atoms with E-state index in [2.05, 4.69) is 4.98 Å². The lowest BCUT2D eigenvalue weighted by Gasteiger charge is -2.09. The summed E-state index contributed by atoms with van der Waals surface area (Å²) in [4.78, 5) is 27.9. The second-order valence-electron chi connectivity index (χ2n) is 5.54. The van der Waals surface area contributed by atoms with E-state index in [1.54, 1.807) is 0 Å². The number of rotatable bonds is 4. The van der Waals surface area contributed by atoms with Gasteiger partial charge >= 0.3 is 5.97 Å². The molecule has 132 valence electrons. The van der Waals surface area contributed by atoms with Gasteiger partial charge < -0.3 is 20.4 Å². The summed E-state index contributed by atoms with van der Waals surface area (Å²) in [5.41, 5.74) is 0.424. The van der Waals surface area contributed by atoms with Crippen molar-refractivity contribution in [3.63, 3.8) is 0 Å². The first-order valence-corrected chi connectivity index (χ1v) is 7.50. The third kappa shape index (κ3) is 3.34. The zero-order valence-electron chi connectivity index (χ0n) is 13.3. The van der Waals surface area contributed by atoms with E-state index >= 15 is 0 Å². The Hall–Kier alpha value is -3.81. The molecule has 0 amide bonds. The Bertz CT molecular complexity index is 1100. The Morgan fingerprint density at radius 3 is 2.50 bits per heavy atom. The number of hydrogen-bond acceptors (Lipinski definition) is 6. The van der Waals surface area contributed by atoms with Gasteiger partial charge in [0, 0.05) is 6.07 Å². The van der Waals surface area contributed by atoms with Crippen LogP contribution in [0.3, 0.4) is 0 Å². The van der Waals surface area contributed by atoms with Gasteiger partial charge in [0.25, 0.3) is 5.56 Å². The van der Waals surface area contributed by atoms with Crippen molar-refractivity contribution in [1.29, 1.82) is 0 Å². The molecule has 26 heavy (non-hydrogen) atoms. The van der Waals surface area contributed by atoms with Gasteiger partial charge in [0.15, 0.2) is 11.5 Å². The largest absolute Gasteiger partial charge is 0.508 e. The highest BCUT2D eigenvalue weighted by molar-refractivity contribution is 5.80. The third-order valence-electron chi connectivity index (χ3n) is 3.68. The summed E-state index contributed by atoms with van der Waals surface area (Å²) in [5.74, 6) is -1.89. The van der Waals surface area contributed by atoms with Gasteiger partial charge in [-0.3, -0.25) is 14.2 Å². The molecule has 0 bridgehead atoms. The summed E-state index contributed by atoms with van der Waals surface area (Å²) in [5, 5.41) is 37.5. The molecule has 3 rings (SSSR count). The number of carboxylic acids is 1. The van der Waals surface area contributed by atoms with Gasteiger partial charge in [-0.1, -0.05) is 12.1 Å². The van der Waals surface area contributed by atoms with E-state index in [9.17, 15) is 24.9 Å². The van der Waals surface area contributed by atoms with Crippen LogP contribution in [-0.2, 0) is 11.3 Å². The van der Waals surface area contributed by atoms with Gasteiger partial charge in [-0.25, -0.2) is 4.98 Å². The van der Waals surface area contributed by atoms with Crippen LogP contribution in [-0.4, -0.2) is 35.9 Å². The number of aliphatic carboxylic acids is 1. The first-order chi connectivity index (χ1) is 12.3. The molecule has 0 saturated carbocycles. The summed E-state index contributed by atoms with van der Waals surface area (Å²) >= 11 is 0. The maximum absolute atomic E-state index is 12.6. The molecule has 8 heteroatoms. The van der Waals surface area contributed by atoms with Crippen molar-refractivity contribution >= 4 is 29.2 Å². The molecule has 0 aliphatic rings. The van der Waals surface area contributed by atoms with Gasteiger partial charge in [0.2, 0.25) is 0 Å². The first kappa shape index (κ1) is 17.0. The lowest BCUT2D eigenvalue weighted by atomic mass is 10.1. The molecule has 8 nitrogen and oxygen atoms in total. The van der Waals surface area contributed by atoms with E-state index in [0.717, 1.165) is 4.57 Å². The zero-order valence-corrected chi connectivity index (χ0v) is 13.3. The molecule has 0 aliphatic heterocycles. The highest BCUT2D eigenvalue weighted by atomic mass is 16.4. The molecule has 0 aliphatic carbocycles. The van der Waals surface area contributed by atoms with Crippen LogP contribution in [0.15, 0.2) is 41.2 Å². The molecule has 0 atom stereocenters. The van der Waals surface area contributed by atoms with Crippen LogP contribution in [0.25, 0.3) is 23.2 Å². The van der Waals surface area contributed by atoms with Crippen molar-refractivity contribution in [2.24, 2.45) is 0 Å². The summed E-state index contributed by atoms with van der Waals surface area (Å²) in [7, 11) is 0. The van der Waals surface area contributed by atoms with Gasteiger partial charge in [0.1, 0.15) is 18.0 Å². The fourth-order valence-electron chi connectivity index (χ4n) is 2.47. The Morgan fingerprint density at radius 1 is 1.04 bits per heavy atom. The third-order valence-corrected chi connectivity index (χ3v) is 3.68. The number of aromatic hydroxyl groups is 3. The highest BCUT2D eigenvalue weighted by Crippen LogP contribution is 2.25. The van der Waals surface area contributed by atoms with Crippen LogP contribution in [0.1, 0.15) is 11.3 Å². The maximum atomic E-state index is 12.6. The van der Waals surface area contributed by atoms with Crippen molar-refractivity contribution in [3.05, 3.63) is 58.0 Å². The van der Waals surface area contributed by atoms with E-state index in [-0.39, 0.29) is 28.5 Å². The van der Waals surface area contributed by atoms with Crippen molar-refractivity contribution < 1.29 is 25.2 Å². The Balaban J connectivity index is 2.13. The summed E-state index contributed by atoms with van der Waals surface area (Å²) in [6.07, 6.45) is 2.89. The Kier molecular flexibility index (Phi) is 4.32. The standard InChI is InChI=1S/C18H14N2O6/c21-11-3-5-12-14(8-11)20(9-17(24)25)18(26)13(19-12)4-1-10-2-6-15(22)16(23)7-10/h1-8,21-23H,9H2,(H,24,25)/b4-1+. The smallest absolute Gasteiger partial charge is 0.323 e. The van der Waals surface area contributed by atoms with E-state index in [1.807, 2.05) is 0 Å². The number of carbonyl (C=O) groups is 1. The van der Waals surface area contributed by atoms with Crippen molar-refractivity contribution in [3.8, 4) is 17.2 Å². The second kappa shape index (κ2) is 6.60. The molecule has 4 N–H and O–H groups in total. The minimum Gasteiger partial charge on any atom is -0.508 e. The van der Waals surface area contributed by atoms with Crippen molar-refractivity contribution in [2.75, 3.05) is 0 Å². The number of benzene rings is 2. The van der Waals surface area contributed by atoms with Gasteiger partial charge in [0.05, 0.1) is 11.0 Å². The highest BCUT2D eigenvalue weighted by Gasteiger charge is 2.12. The minimum absolute atomic E-state index is 0.00277. The lowest BCUT2D eigenvalue weighted by Crippen LogP contribution is -2.27. The molecule has 0 radical (unpaired) electrons. The summed E-state index contributed by atoms with van der Waals surface area (Å²) in [6, 6.07) is 8.27. The average Bonchev–Trinajstić information content (AvgIpc) is 2.59. The number of aromatic nitrogens is 2. The number of hydrogen-bond donors (Lipinski definition) is 4.